The van der Waals surface area contributed by atoms with Crippen LogP contribution in [0.25, 0.3) is 0 Å². The van der Waals surface area contributed by atoms with Gasteiger partial charge < -0.3 is 10.4 Å². The van der Waals surface area contributed by atoms with Gasteiger partial charge in [-0.2, -0.15) is 0 Å². The van der Waals surface area contributed by atoms with Crippen LogP contribution in [0.1, 0.15) is 142 Å². The number of rotatable bonds is 9. The van der Waals surface area contributed by atoms with Crippen molar-refractivity contribution in [2.24, 2.45) is 40.4 Å². The van der Waals surface area contributed by atoms with E-state index in [1.165, 1.54) is 83.5 Å². The average molecular weight is 514 g/mol. The summed E-state index contributed by atoms with van der Waals surface area (Å²) in [5.41, 5.74) is 0.452. The normalized spacial score (nSPS) is 42.1. The summed E-state index contributed by atoms with van der Waals surface area (Å²) in [6.45, 7) is 4.93. The summed E-state index contributed by atoms with van der Waals surface area (Å²) in [4.78, 5) is 24.8. The number of hydrogen-bond donors (Lipinski definition) is 2. The lowest BCUT2D eigenvalue weighted by atomic mass is 9.42. The lowest BCUT2D eigenvalue weighted by Gasteiger charge is -2.62. The fourth-order valence-electron chi connectivity index (χ4n) is 10.3. The van der Waals surface area contributed by atoms with Crippen molar-refractivity contribution in [3.8, 4) is 0 Å². The van der Waals surface area contributed by atoms with E-state index in [1.807, 2.05) is 0 Å². The second kappa shape index (κ2) is 11.7. The van der Waals surface area contributed by atoms with E-state index in [0.717, 1.165) is 56.3 Å². The minimum Gasteiger partial charge on any atom is -0.393 e. The van der Waals surface area contributed by atoms with Gasteiger partial charge in [0, 0.05) is 25.3 Å². The summed E-state index contributed by atoms with van der Waals surface area (Å²) in [6.07, 6.45) is 22.6. The average Bonchev–Trinajstić information content (AvgIpc) is 3.19. The molecule has 0 bridgehead atoms. The van der Waals surface area contributed by atoms with Gasteiger partial charge in [-0.3, -0.25) is 9.59 Å². The second-order valence-electron chi connectivity index (χ2n) is 14.6. The summed E-state index contributed by atoms with van der Waals surface area (Å²) in [6, 6.07) is 0.435. The minimum atomic E-state index is -0.118. The maximum absolute atomic E-state index is 12.5. The zero-order valence-electron chi connectivity index (χ0n) is 23.9. The molecule has 0 heterocycles. The molecule has 0 saturated heterocycles. The minimum absolute atomic E-state index is 0.116. The topological polar surface area (TPSA) is 66.4 Å². The highest BCUT2D eigenvalue weighted by atomic mass is 16.3. The molecule has 5 aliphatic rings. The van der Waals surface area contributed by atoms with Crippen molar-refractivity contribution in [2.75, 3.05) is 0 Å². The van der Waals surface area contributed by atoms with E-state index >= 15 is 0 Å². The van der Waals surface area contributed by atoms with Crippen LogP contribution in [-0.2, 0) is 9.59 Å². The molecular weight excluding hydrogens is 458 g/mol. The molecule has 0 radical (unpaired) electrons. The van der Waals surface area contributed by atoms with Gasteiger partial charge in [0.1, 0.15) is 5.78 Å². The maximum atomic E-state index is 12.5. The summed E-state index contributed by atoms with van der Waals surface area (Å²) >= 11 is 0. The summed E-state index contributed by atoms with van der Waals surface area (Å²) < 4.78 is 0. The molecule has 0 aromatic carbocycles. The maximum Gasteiger partial charge on any atom is 0.220 e. The Bertz CT molecular complexity index is 805. The molecular formula is C33H55NO3. The van der Waals surface area contributed by atoms with Gasteiger partial charge in [0.2, 0.25) is 5.91 Å². The molecule has 0 spiro atoms. The molecule has 0 unspecified atom stereocenters. The highest BCUT2D eigenvalue weighted by Gasteiger charge is 2.62. The molecule has 1 amide bonds. The largest absolute Gasteiger partial charge is 0.393 e. The van der Waals surface area contributed by atoms with Crippen LogP contribution in [0.5, 0.6) is 0 Å². The molecule has 4 nitrogen and oxygen atoms in total. The van der Waals surface area contributed by atoms with Crippen LogP contribution in [0.3, 0.4) is 0 Å². The number of carbonyl (C=O) groups excluding carboxylic acids is 2. The quantitative estimate of drug-likeness (QED) is 0.316. The van der Waals surface area contributed by atoms with Crippen LogP contribution in [0.2, 0.25) is 0 Å². The Morgan fingerprint density at radius 3 is 2.43 bits per heavy atom. The van der Waals surface area contributed by atoms with Crippen LogP contribution in [-0.4, -0.2) is 28.9 Å². The Hall–Kier alpha value is -0.900. The van der Waals surface area contributed by atoms with Gasteiger partial charge in [0.25, 0.3) is 0 Å². The number of aliphatic hydroxyl groups is 1. The molecule has 5 aliphatic carbocycles. The molecule has 0 aliphatic heterocycles. The number of Topliss-reactive ketones (excluding diaryl/α,β-unsaturated/α-hetero) is 1. The molecule has 4 heteroatoms. The Morgan fingerprint density at radius 1 is 0.892 bits per heavy atom. The van der Waals surface area contributed by atoms with Gasteiger partial charge >= 0.3 is 0 Å². The Balaban J connectivity index is 1.11. The number of carbonyl (C=O) groups is 2. The molecule has 0 aromatic heterocycles. The lowest BCUT2D eigenvalue weighted by Crippen LogP contribution is -2.57. The fourth-order valence-corrected chi connectivity index (χ4v) is 10.3. The Labute approximate surface area is 226 Å². The van der Waals surface area contributed by atoms with Gasteiger partial charge in [-0.25, -0.2) is 0 Å². The van der Waals surface area contributed by atoms with Crippen molar-refractivity contribution in [2.45, 2.75) is 154 Å². The van der Waals surface area contributed by atoms with E-state index in [9.17, 15) is 14.7 Å². The second-order valence-corrected chi connectivity index (χ2v) is 14.6. The SMILES string of the molecule is C[C@]12CCC(=O)C[C@@H]1C[C@@H](CCCCCCCC(=O)NC1CCCCC1)[C@@H]1[C@@H]2CC[C@]2(C)[C@@H](O)CC[C@@H]12. The van der Waals surface area contributed by atoms with Crippen molar-refractivity contribution >= 4 is 11.7 Å². The molecule has 210 valence electrons. The first-order valence-electron chi connectivity index (χ1n) is 16.3. The molecule has 5 rings (SSSR count). The van der Waals surface area contributed by atoms with Gasteiger partial charge in [0.05, 0.1) is 6.10 Å². The zero-order valence-corrected chi connectivity index (χ0v) is 23.9. The predicted octanol–water partition coefficient (Wildman–Crippen LogP) is 7.36. The number of unbranched alkanes of at least 4 members (excludes halogenated alkanes) is 4. The molecule has 5 fully saturated rings. The van der Waals surface area contributed by atoms with E-state index in [4.69, 9.17) is 0 Å². The molecule has 5 saturated carbocycles. The lowest BCUT2D eigenvalue weighted by molar-refractivity contribution is -0.156. The van der Waals surface area contributed by atoms with E-state index in [2.05, 4.69) is 19.2 Å². The number of nitrogens with one attached hydrogen (secondary N) is 1. The molecule has 2 N–H and O–H groups in total. The highest BCUT2D eigenvalue weighted by Crippen LogP contribution is 2.67. The first-order valence-corrected chi connectivity index (χ1v) is 16.3. The first-order chi connectivity index (χ1) is 17.8. The van der Waals surface area contributed by atoms with Crippen LogP contribution >= 0.6 is 0 Å². The van der Waals surface area contributed by atoms with E-state index < -0.39 is 0 Å². The predicted molar refractivity (Wildman–Crippen MR) is 149 cm³/mol. The summed E-state index contributed by atoms with van der Waals surface area (Å²) in [7, 11) is 0. The van der Waals surface area contributed by atoms with Crippen LogP contribution < -0.4 is 5.32 Å². The summed E-state index contributed by atoms with van der Waals surface area (Å²) in [5.74, 6) is 4.24. The third-order valence-electron chi connectivity index (χ3n) is 12.6. The smallest absolute Gasteiger partial charge is 0.220 e. The van der Waals surface area contributed by atoms with Gasteiger partial charge in [0.15, 0.2) is 0 Å². The Kier molecular flexibility index (Phi) is 8.74. The fraction of sp³-hybridized carbons (Fsp3) is 0.939. The van der Waals surface area contributed by atoms with E-state index in [0.29, 0.717) is 35.5 Å². The van der Waals surface area contributed by atoms with Crippen molar-refractivity contribution in [1.29, 1.82) is 0 Å². The highest BCUT2D eigenvalue weighted by molar-refractivity contribution is 5.79. The van der Waals surface area contributed by atoms with Crippen molar-refractivity contribution in [3.63, 3.8) is 0 Å². The zero-order chi connectivity index (χ0) is 26.0. The van der Waals surface area contributed by atoms with Crippen molar-refractivity contribution in [1.82, 2.24) is 5.32 Å². The van der Waals surface area contributed by atoms with Gasteiger partial charge in [-0.05, 0) is 98.2 Å². The standard InChI is InChI=1S/C33H55NO3/c1-32-19-17-26(35)22-24(32)21-23(31-27-15-16-29(36)33(27,2)20-18-28(31)32)11-7-4-3-5-10-14-30(37)34-25-12-8-6-9-13-25/h23-25,27-29,31,36H,3-22H2,1-2H3,(H,34,37)/t23-,24+,27+,28+,29+,31+,32+,33+/m1/s1. The van der Waals surface area contributed by atoms with Crippen molar-refractivity contribution < 1.29 is 14.7 Å². The first kappa shape index (κ1) is 27.7. The number of fused-ring (bicyclic) bond motifs is 5. The van der Waals surface area contributed by atoms with Crippen molar-refractivity contribution in [3.05, 3.63) is 0 Å². The molecule has 37 heavy (non-hydrogen) atoms. The third-order valence-corrected chi connectivity index (χ3v) is 12.6. The summed E-state index contributed by atoms with van der Waals surface area (Å²) in [5, 5.41) is 14.2. The van der Waals surface area contributed by atoms with Crippen LogP contribution in [0.15, 0.2) is 0 Å². The van der Waals surface area contributed by atoms with E-state index in [-0.39, 0.29) is 17.4 Å². The van der Waals surface area contributed by atoms with E-state index in [1.54, 1.807) is 0 Å². The van der Waals surface area contributed by atoms with Gasteiger partial charge in [-0.15, -0.1) is 0 Å². The Morgan fingerprint density at radius 2 is 1.62 bits per heavy atom. The number of amides is 1. The number of aliphatic hydroxyl groups excluding tert-OH is 1. The number of ketones is 1. The van der Waals surface area contributed by atoms with Crippen LogP contribution in [0, 0.1) is 40.4 Å². The van der Waals surface area contributed by atoms with Gasteiger partial charge in [-0.1, -0.05) is 65.2 Å². The number of hydrogen-bond acceptors (Lipinski definition) is 3. The van der Waals surface area contributed by atoms with Crippen LogP contribution in [0.4, 0.5) is 0 Å². The monoisotopic (exact) mass is 513 g/mol. The third kappa shape index (κ3) is 5.71. The molecule has 0 aromatic rings. The molecule has 8 atom stereocenters.